The molecule has 0 spiro atoms. The molecule has 1 aromatic carbocycles. The van der Waals surface area contributed by atoms with E-state index >= 15 is 0 Å². The molecule has 1 saturated heterocycles. The minimum Gasteiger partial charge on any atom is -0.400 e. The molecule has 120 valence electrons. The van der Waals surface area contributed by atoms with Crippen LogP contribution in [0.4, 0.5) is 10.1 Å². The first-order valence-electron chi connectivity index (χ1n) is 7.30. The van der Waals surface area contributed by atoms with Crippen molar-refractivity contribution in [2.24, 2.45) is 0 Å². The molecule has 6 heteroatoms. The lowest BCUT2D eigenvalue weighted by atomic mass is 9.78. The van der Waals surface area contributed by atoms with Crippen LogP contribution >= 0.6 is 12.6 Å². The monoisotopic (exact) mass is 323 g/mol. The summed E-state index contributed by atoms with van der Waals surface area (Å²) < 4.78 is 25.6. The highest BCUT2D eigenvalue weighted by Gasteiger charge is 2.52. The number of rotatable bonds is 3. The van der Waals surface area contributed by atoms with E-state index in [1.165, 1.54) is 12.1 Å². The van der Waals surface area contributed by atoms with Gasteiger partial charge in [0, 0.05) is 11.4 Å². The summed E-state index contributed by atoms with van der Waals surface area (Å²) in [6.45, 7) is 9.84. The van der Waals surface area contributed by atoms with Crippen LogP contribution in [0.5, 0.6) is 0 Å². The Morgan fingerprint density at radius 2 is 1.82 bits per heavy atom. The molecule has 22 heavy (non-hydrogen) atoms. The van der Waals surface area contributed by atoms with Gasteiger partial charge in [-0.05, 0) is 63.4 Å². The fraction of sp³-hybridized carbons (Fsp3) is 0.500. The van der Waals surface area contributed by atoms with E-state index < -0.39 is 18.3 Å². The molecule has 0 aliphatic carbocycles. The van der Waals surface area contributed by atoms with E-state index in [2.05, 4.69) is 12.6 Å². The second kappa shape index (κ2) is 5.91. The van der Waals surface area contributed by atoms with Crippen LogP contribution in [0.25, 0.3) is 6.08 Å². The van der Waals surface area contributed by atoms with E-state index in [1.807, 2.05) is 40.7 Å². The van der Waals surface area contributed by atoms with Gasteiger partial charge in [0.2, 0.25) is 0 Å². The zero-order chi connectivity index (χ0) is 16.7. The first-order chi connectivity index (χ1) is 10.1. The molecule has 1 aliphatic rings. The Morgan fingerprint density at radius 1 is 1.27 bits per heavy atom. The Morgan fingerprint density at radius 3 is 2.32 bits per heavy atom. The molecule has 0 unspecified atom stereocenters. The predicted octanol–water partition coefficient (Wildman–Crippen LogP) is 3.66. The van der Waals surface area contributed by atoms with E-state index in [1.54, 1.807) is 0 Å². The molecule has 1 aromatic rings. The number of nitrogens with two attached hydrogens (primary N) is 1. The molecule has 0 radical (unpaired) electrons. The number of benzene rings is 1. The largest absolute Gasteiger partial charge is 0.491 e. The number of halogens is 1. The van der Waals surface area contributed by atoms with Crippen molar-refractivity contribution in [3.05, 3.63) is 34.5 Å². The first kappa shape index (κ1) is 17.4. The summed E-state index contributed by atoms with van der Waals surface area (Å²) in [7, 11) is -0.494. The first-order valence-corrected chi connectivity index (χ1v) is 7.93. The fourth-order valence-corrected chi connectivity index (χ4v) is 2.49. The van der Waals surface area contributed by atoms with Gasteiger partial charge in [-0.3, -0.25) is 0 Å². The highest BCUT2D eigenvalue weighted by atomic mass is 32.1. The fourth-order valence-electron chi connectivity index (χ4n) is 2.25. The Balaban J connectivity index is 2.38. The minimum absolute atomic E-state index is 0.359. The molecule has 1 fully saturated rings. The van der Waals surface area contributed by atoms with Crippen molar-refractivity contribution in [3.63, 3.8) is 0 Å². The molecule has 2 rings (SSSR count). The standard InChI is InChI=1S/C16H23BFNO2S/c1-10-11(7-13(18)8-14(10)19)6-12(9-22)17-20-15(2,3)16(4,5)21-17/h6-8,22H,9,19H2,1-5H3. The van der Waals surface area contributed by atoms with Crippen molar-refractivity contribution in [1.29, 1.82) is 0 Å². The molecule has 0 atom stereocenters. The van der Waals surface area contributed by atoms with Gasteiger partial charge in [-0.25, -0.2) is 4.39 Å². The van der Waals surface area contributed by atoms with Crippen molar-refractivity contribution in [2.45, 2.75) is 45.8 Å². The normalized spacial score (nSPS) is 20.5. The van der Waals surface area contributed by atoms with Crippen LogP contribution in [0.1, 0.15) is 38.8 Å². The molecule has 0 bridgehead atoms. The average molecular weight is 323 g/mol. The lowest BCUT2D eigenvalue weighted by molar-refractivity contribution is 0.00578. The zero-order valence-corrected chi connectivity index (χ0v) is 14.6. The molecule has 1 aliphatic heterocycles. The number of thiol groups is 1. The SMILES string of the molecule is Cc1c(N)cc(F)cc1C=C(CS)B1OC(C)(C)C(C)(C)O1. The van der Waals surface area contributed by atoms with Crippen LogP contribution in [0.2, 0.25) is 0 Å². The van der Waals surface area contributed by atoms with Crippen LogP contribution in [0, 0.1) is 12.7 Å². The lowest BCUT2D eigenvalue weighted by Crippen LogP contribution is -2.41. The third-order valence-corrected chi connectivity index (χ3v) is 4.90. The maximum Gasteiger partial charge on any atom is 0.491 e. The Hall–Kier alpha value is -0.975. The van der Waals surface area contributed by atoms with Crippen molar-refractivity contribution in [2.75, 3.05) is 11.5 Å². The summed E-state index contributed by atoms with van der Waals surface area (Å²) in [6.07, 6.45) is 1.85. The van der Waals surface area contributed by atoms with E-state index in [-0.39, 0.29) is 5.82 Å². The van der Waals surface area contributed by atoms with Crippen molar-refractivity contribution in [3.8, 4) is 0 Å². The summed E-state index contributed by atoms with van der Waals surface area (Å²) in [5, 5.41) is 0. The van der Waals surface area contributed by atoms with Crippen molar-refractivity contribution in [1.82, 2.24) is 0 Å². The third-order valence-electron chi connectivity index (χ3n) is 4.53. The molecule has 0 saturated carbocycles. The Bertz CT molecular complexity index is 600. The quantitative estimate of drug-likeness (QED) is 0.507. The average Bonchev–Trinajstić information content (AvgIpc) is 2.60. The molecule has 3 nitrogen and oxygen atoms in total. The highest BCUT2D eigenvalue weighted by Crippen LogP contribution is 2.39. The predicted molar refractivity (Wildman–Crippen MR) is 93.5 cm³/mol. The molecular formula is C16H23BFNO2S. The maximum atomic E-state index is 13.6. The number of nitrogen functional groups attached to an aromatic ring is 1. The van der Waals surface area contributed by atoms with Gasteiger partial charge in [0.1, 0.15) is 5.82 Å². The third kappa shape index (κ3) is 3.19. The van der Waals surface area contributed by atoms with Gasteiger partial charge in [0.05, 0.1) is 11.2 Å². The van der Waals surface area contributed by atoms with Gasteiger partial charge in [-0.1, -0.05) is 6.08 Å². The number of hydrogen-bond acceptors (Lipinski definition) is 4. The molecule has 0 amide bonds. The van der Waals surface area contributed by atoms with Crippen LogP contribution in [0.15, 0.2) is 17.6 Å². The van der Waals surface area contributed by atoms with E-state index in [9.17, 15) is 4.39 Å². The summed E-state index contributed by atoms with van der Waals surface area (Å²) in [6, 6.07) is 2.78. The molecular weight excluding hydrogens is 300 g/mol. The molecule has 2 N–H and O–H groups in total. The van der Waals surface area contributed by atoms with E-state index in [0.29, 0.717) is 11.4 Å². The Labute approximate surface area is 137 Å². The van der Waals surface area contributed by atoms with Crippen LogP contribution < -0.4 is 5.73 Å². The van der Waals surface area contributed by atoms with Gasteiger partial charge in [-0.2, -0.15) is 12.6 Å². The highest BCUT2D eigenvalue weighted by molar-refractivity contribution is 7.80. The smallest absolute Gasteiger partial charge is 0.400 e. The van der Waals surface area contributed by atoms with Gasteiger partial charge in [-0.15, -0.1) is 0 Å². The minimum atomic E-state index is -0.494. The van der Waals surface area contributed by atoms with Crippen LogP contribution in [-0.4, -0.2) is 24.1 Å². The van der Waals surface area contributed by atoms with E-state index in [4.69, 9.17) is 15.0 Å². The second-order valence-electron chi connectivity index (χ2n) is 6.67. The summed E-state index contributed by atoms with van der Waals surface area (Å²) in [5.74, 6) is 0.0916. The summed E-state index contributed by atoms with van der Waals surface area (Å²) in [5.41, 5.74) is 7.81. The number of anilines is 1. The van der Waals surface area contributed by atoms with E-state index in [0.717, 1.165) is 16.6 Å². The van der Waals surface area contributed by atoms with Crippen LogP contribution in [0.3, 0.4) is 0 Å². The number of hydrogen-bond donors (Lipinski definition) is 2. The van der Waals surface area contributed by atoms with Crippen molar-refractivity contribution >= 4 is 31.5 Å². The van der Waals surface area contributed by atoms with Crippen LogP contribution in [-0.2, 0) is 9.31 Å². The Kier molecular flexibility index (Phi) is 4.67. The summed E-state index contributed by atoms with van der Waals surface area (Å²) in [4.78, 5) is 0. The summed E-state index contributed by atoms with van der Waals surface area (Å²) >= 11 is 4.37. The van der Waals surface area contributed by atoms with Gasteiger partial charge in [0.25, 0.3) is 0 Å². The lowest BCUT2D eigenvalue weighted by Gasteiger charge is -2.32. The molecule has 0 aromatic heterocycles. The zero-order valence-electron chi connectivity index (χ0n) is 13.7. The van der Waals surface area contributed by atoms with Gasteiger partial charge < -0.3 is 15.0 Å². The second-order valence-corrected chi connectivity index (χ2v) is 6.99. The van der Waals surface area contributed by atoms with Gasteiger partial charge in [0.15, 0.2) is 0 Å². The van der Waals surface area contributed by atoms with Gasteiger partial charge >= 0.3 is 7.12 Å². The topological polar surface area (TPSA) is 44.5 Å². The maximum absolute atomic E-state index is 13.6. The molecule has 1 heterocycles. The van der Waals surface area contributed by atoms with Crippen molar-refractivity contribution < 1.29 is 13.7 Å².